The summed E-state index contributed by atoms with van der Waals surface area (Å²) < 4.78 is 1.87. The van der Waals surface area contributed by atoms with Crippen LogP contribution in [0.4, 0.5) is 5.69 Å². The van der Waals surface area contributed by atoms with E-state index in [0.29, 0.717) is 10.8 Å². The van der Waals surface area contributed by atoms with Crippen molar-refractivity contribution in [3.63, 3.8) is 0 Å². The van der Waals surface area contributed by atoms with Gasteiger partial charge in [-0.15, -0.1) is 11.3 Å². The van der Waals surface area contributed by atoms with Crippen molar-refractivity contribution < 1.29 is 4.79 Å². The highest BCUT2D eigenvalue weighted by Crippen LogP contribution is 2.32. The molecule has 132 valence electrons. The molecule has 2 heterocycles. The fraction of sp³-hybridized carbons (Fsp3) is 0.368. The van der Waals surface area contributed by atoms with Gasteiger partial charge in [0.1, 0.15) is 4.83 Å². The molecule has 0 unspecified atom stereocenters. The minimum Gasteiger partial charge on any atom is -0.321 e. The molecule has 3 rings (SSSR count). The highest BCUT2D eigenvalue weighted by atomic mass is 32.1. The molecule has 0 fully saturated rings. The lowest BCUT2D eigenvalue weighted by Gasteiger charge is -2.10. The lowest BCUT2D eigenvalue weighted by Crippen LogP contribution is -2.16. The molecular formula is C19H24N4OS. The Bertz CT molecular complexity index is 894. The van der Waals surface area contributed by atoms with Crippen LogP contribution in [0.3, 0.4) is 0 Å². The number of carbonyl (C=O) groups is 1. The summed E-state index contributed by atoms with van der Waals surface area (Å²) in [4.78, 5) is 14.5. The maximum absolute atomic E-state index is 12.7. The van der Waals surface area contributed by atoms with E-state index in [0.717, 1.165) is 40.3 Å². The third-order valence-corrected chi connectivity index (χ3v) is 5.34. The number of fused-ring (bicyclic) bond motifs is 1. The van der Waals surface area contributed by atoms with Crippen LogP contribution in [0.2, 0.25) is 0 Å². The summed E-state index contributed by atoms with van der Waals surface area (Å²) in [7, 11) is 1.93. The van der Waals surface area contributed by atoms with E-state index in [9.17, 15) is 4.79 Å². The van der Waals surface area contributed by atoms with E-state index in [1.807, 2.05) is 42.1 Å². The highest BCUT2D eigenvalue weighted by molar-refractivity contribution is 7.20. The van der Waals surface area contributed by atoms with E-state index in [1.165, 1.54) is 11.3 Å². The van der Waals surface area contributed by atoms with Crippen LogP contribution in [-0.2, 0) is 13.6 Å². The molecule has 25 heavy (non-hydrogen) atoms. The van der Waals surface area contributed by atoms with Crippen molar-refractivity contribution >= 4 is 33.1 Å². The van der Waals surface area contributed by atoms with Crippen LogP contribution in [0.5, 0.6) is 0 Å². The molecule has 6 heteroatoms. The van der Waals surface area contributed by atoms with Crippen LogP contribution in [0, 0.1) is 0 Å². The minimum atomic E-state index is -0.0696. The number of thiophene rings is 1. The van der Waals surface area contributed by atoms with Crippen LogP contribution < -0.4 is 10.6 Å². The number of nitrogens with one attached hydrogen (secondary N) is 2. The number of para-hydroxylation sites is 1. The Morgan fingerprint density at radius 2 is 2.08 bits per heavy atom. The Labute approximate surface area is 152 Å². The van der Waals surface area contributed by atoms with Gasteiger partial charge in [0.15, 0.2) is 0 Å². The fourth-order valence-corrected chi connectivity index (χ4v) is 3.82. The summed E-state index contributed by atoms with van der Waals surface area (Å²) in [5.41, 5.74) is 2.98. The van der Waals surface area contributed by atoms with Crippen LogP contribution in [0.1, 0.15) is 47.6 Å². The van der Waals surface area contributed by atoms with Gasteiger partial charge in [0, 0.05) is 24.7 Å². The normalized spacial score (nSPS) is 11.4. The number of rotatable bonds is 6. The van der Waals surface area contributed by atoms with Crippen LogP contribution in [-0.4, -0.2) is 22.2 Å². The Balaban J connectivity index is 1.87. The first-order chi connectivity index (χ1) is 12.0. The quantitative estimate of drug-likeness (QED) is 0.698. The Kier molecular flexibility index (Phi) is 5.20. The molecule has 0 saturated heterocycles. The molecule has 0 aliphatic rings. The van der Waals surface area contributed by atoms with Gasteiger partial charge in [-0.05, 0) is 30.2 Å². The number of aryl methyl sites for hydroxylation is 1. The molecule has 0 aliphatic carbocycles. The molecule has 2 aromatic heterocycles. The monoisotopic (exact) mass is 356 g/mol. The number of aromatic nitrogens is 2. The summed E-state index contributed by atoms with van der Waals surface area (Å²) in [5, 5.41) is 12.0. The maximum Gasteiger partial charge on any atom is 0.265 e. The van der Waals surface area contributed by atoms with Gasteiger partial charge in [-0.1, -0.05) is 39.0 Å². The average Bonchev–Trinajstić information content (AvgIpc) is 3.15. The summed E-state index contributed by atoms with van der Waals surface area (Å²) in [6.45, 7) is 7.94. The third kappa shape index (κ3) is 3.60. The van der Waals surface area contributed by atoms with E-state index in [2.05, 4.69) is 36.5 Å². The second kappa shape index (κ2) is 7.37. The number of anilines is 1. The molecule has 0 spiro atoms. The first kappa shape index (κ1) is 17.6. The summed E-state index contributed by atoms with van der Waals surface area (Å²) in [6, 6.07) is 9.87. The van der Waals surface area contributed by atoms with Crippen molar-refractivity contribution in [2.75, 3.05) is 11.9 Å². The van der Waals surface area contributed by atoms with E-state index in [4.69, 9.17) is 0 Å². The zero-order chi connectivity index (χ0) is 18.0. The smallest absolute Gasteiger partial charge is 0.265 e. The van der Waals surface area contributed by atoms with Crippen LogP contribution >= 0.6 is 11.3 Å². The topological polar surface area (TPSA) is 58.9 Å². The van der Waals surface area contributed by atoms with Crippen molar-refractivity contribution in [1.29, 1.82) is 0 Å². The standard InChI is InChI=1S/C19H24N4OS/c1-5-20-11-13-8-6-7-9-15(13)21-18(24)16-10-14-17(12(2)3)22-23(4)19(14)25-16/h6-10,12,20H,5,11H2,1-4H3,(H,21,24). The Morgan fingerprint density at radius 3 is 2.80 bits per heavy atom. The number of benzene rings is 1. The van der Waals surface area contributed by atoms with Crippen molar-refractivity contribution in [2.24, 2.45) is 7.05 Å². The van der Waals surface area contributed by atoms with Gasteiger partial charge in [0.2, 0.25) is 0 Å². The van der Waals surface area contributed by atoms with Gasteiger partial charge in [-0.25, -0.2) is 0 Å². The minimum absolute atomic E-state index is 0.0696. The van der Waals surface area contributed by atoms with Gasteiger partial charge in [0.25, 0.3) is 5.91 Å². The maximum atomic E-state index is 12.7. The Hall–Kier alpha value is -2.18. The molecule has 0 aliphatic heterocycles. The lowest BCUT2D eigenvalue weighted by molar-refractivity contribution is 0.103. The average molecular weight is 356 g/mol. The molecule has 1 aromatic carbocycles. The first-order valence-corrected chi connectivity index (χ1v) is 9.39. The molecular weight excluding hydrogens is 332 g/mol. The number of amides is 1. The molecule has 2 N–H and O–H groups in total. The molecule has 0 saturated carbocycles. The molecule has 3 aromatic rings. The summed E-state index contributed by atoms with van der Waals surface area (Å²) in [6.07, 6.45) is 0. The SMILES string of the molecule is CCNCc1ccccc1NC(=O)c1cc2c(C(C)C)nn(C)c2s1. The number of carbonyl (C=O) groups excluding carboxylic acids is 1. The second-order valence-electron chi connectivity index (χ2n) is 6.38. The van der Waals surface area contributed by atoms with E-state index in [1.54, 1.807) is 0 Å². The van der Waals surface area contributed by atoms with Crippen LogP contribution in [0.15, 0.2) is 30.3 Å². The number of hydrogen-bond donors (Lipinski definition) is 2. The molecule has 0 bridgehead atoms. The summed E-state index contributed by atoms with van der Waals surface area (Å²) in [5.74, 6) is 0.259. The van der Waals surface area contributed by atoms with Crippen molar-refractivity contribution in [1.82, 2.24) is 15.1 Å². The Morgan fingerprint density at radius 1 is 1.32 bits per heavy atom. The molecule has 5 nitrogen and oxygen atoms in total. The van der Waals surface area contributed by atoms with Crippen molar-refractivity contribution in [3.05, 3.63) is 46.5 Å². The zero-order valence-electron chi connectivity index (χ0n) is 15.1. The van der Waals surface area contributed by atoms with Gasteiger partial charge in [-0.2, -0.15) is 5.10 Å². The van der Waals surface area contributed by atoms with E-state index < -0.39 is 0 Å². The molecule has 0 radical (unpaired) electrons. The van der Waals surface area contributed by atoms with E-state index in [-0.39, 0.29) is 5.91 Å². The summed E-state index contributed by atoms with van der Waals surface area (Å²) >= 11 is 1.49. The van der Waals surface area contributed by atoms with Gasteiger partial charge < -0.3 is 10.6 Å². The van der Waals surface area contributed by atoms with Gasteiger partial charge >= 0.3 is 0 Å². The van der Waals surface area contributed by atoms with E-state index >= 15 is 0 Å². The fourth-order valence-electron chi connectivity index (χ4n) is 2.84. The van der Waals surface area contributed by atoms with Gasteiger partial charge in [-0.3, -0.25) is 9.48 Å². The molecule has 0 atom stereocenters. The first-order valence-electron chi connectivity index (χ1n) is 8.57. The van der Waals surface area contributed by atoms with Gasteiger partial charge in [0.05, 0.1) is 10.6 Å². The molecule has 1 amide bonds. The lowest BCUT2D eigenvalue weighted by atomic mass is 10.1. The second-order valence-corrected chi connectivity index (χ2v) is 7.42. The zero-order valence-corrected chi connectivity index (χ0v) is 15.9. The third-order valence-electron chi connectivity index (χ3n) is 4.14. The van der Waals surface area contributed by atoms with Crippen LogP contribution in [0.25, 0.3) is 10.2 Å². The number of nitrogens with zero attached hydrogens (tertiary/aromatic N) is 2. The predicted octanol–water partition coefficient (Wildman–Crippen LogP) is 4.12. The van der Waals surface area contributed by atoms with Crippen molar-refractivity contribution in [3.8, 4) is 0 Å². The van der Waals surface area contributed by atoms with Crippen molar-refractivity contribution in [2.45, 2.75) is 33.2 Å². The predicted molar refractivity (Wildman–Crippen MR) is 104 cm³/mol. The largest absolute Gasteiger partial charge is 0.321 e. The number of hydrogen-bond acceptors (Lipinski definition) is 4. The highest BCUT2D eigenvalue weighted by Gasteiger charge is 2.19.